The van der Waals surface area contributed by atoms with Crippen LogP contribution in [0.2, 0.25) is 0 Å². The molecule has 1 aliphatic heterocycles. The molecule has 1 heterocycles. The van der Waals surface area contributed by atoms with Crippen LogP contribution >= 0.6 is 0 Å². The molecule has 0 saturated heterocycles. The molecule has 0 aromatic heterocycles. The van der Waals surface area contributed by atoms with Crippen LogP contribution in [0.15, 0.2) is 47.7 Å². The number of hydrogen-bond donors (Lipinski definition) is 1. The van der Waals surface area contributed by atoms with Gasteiger partial charge in [-0.1, -0.05) is 30.3 Å². The van der Waals surface area contributed by atoms with Gasteiger partial charge in [0.1, 0.15) is 5.75 Å². The third-order valence-electron chi connectivity index (χ3n) is 4.72. The number of carbonyl (C=O) groups excluding carboxylic acids is 3. The summed E-state index contributed by atoms with van der Waals surface area (Å²) in [5.41, 5.74) is 1.32. The second-order valence-electron chi connectivity index (χ2n) is 6.45. The van der Waals surface area contributed by atoms with Gasteiger partial charge in [0.2, 0.25) is 0 Å². The predicted molar refractivity (Wildman–Crippen MR) is 104 cm³/mol. The molecular formula is C21H22N2O5. The van der Waals surface area contributed by atoms with Crippen molar-refractivity contribution in [2.24, 2.45) is 0 Å². The number of rotatable bonds is 4. The summed E-state index contributed by atoms with van der Waals surface area (Å²) in [7, 11) is 1.58. The Bertz CT molecular complexity index is 995. The van der Waals surface area contributed by atoms with Gasteiger partial charge in [-0.15, -0.1) is 0 Å². The second kappa shape index (κ2) is 7.72. The van der Waals surface area contributed by atoms with Gasteiger partial charge >= 0.3 is 18.0 Å². The van der Waals surface area contributed by atoms with Gasteiger partial charge in [-0.3, -0.25) is 4.79 Å². The lowest BCUT2D eigenvalue weighted by atomic mass is 9.90. The number of carbonyl (C=O) groups is 3. The molecule has 2 amide bonds. The minimum atomic E-state index is -0.816. The highest BCUT2D eigenvalue weighted by Gasteiger charge is 2.37. The molecular weight excluding hydrogens is 360 g/mol. The molecule has 0 radical (unpaired) electrons. The van der Waals surface area contributed by atoms with Crippen molar-refractivity contribution in [1.82, 2.24) is 10.2 Å². The number of nitrogens with one attached hydrogen (secondary N) is 1. The van der Waals surface area contributed by atoms with Gasteiger partial charge in [-0.2, -0.15) is 0 Å². The summed E-state index contributed by atoms with van der Waals surface area (Å²) in [4.78, 5) is 38.3. The first-order valence-corrected chi connectivity index (χ1v) is 8.97. The van der Waals surface area contributed by atoms with Gasteiger partial charge in [0.15, 0.2) is 0 Å². The molecule has 0 bridgehead atoms. The van der Waals surface area contributed by atoms with E-state index in [-0.39, 0.29) is 18.4 Å². The quantitative estimate of drug-likeness (QED) is 0.648. The predicted octanol–water partition coefficient (Wildman–Crippen LogP) is 3.30. The molecule has 7 nitrogen and oxygen atoms in total. The van der Waals surface area contributed by atoms with Gasteiger partial charge in [-0.25, -0.2) is 9.59 Å². The Hall–Kier alpha value is -3.35. The summed E-state index contributed by atoms with van der Waals surface area (Å²) in [5, 5.41) is 4.51. The summed E-state index contributed by atoms with van der Waals surface area (Å²) >= 11 is 0. The lowest BCUT2D eigenvalue weighted by Crippen LogP contribution is -2.46. The van der Waals surface area contributed by atoms with Crippen LogP contribution in [-0.4, -0.2) is 36.5 Å². The van der Waals surface area contributed by atoms with Crippen molar-refractivity contribution in [1.29, 1.82) is 0 Å². The van der Waals surface area contributed by atoms with Crippen LogP contribution in [0.4, 0.5) is 4.79 Å². The molecule has 7 heteroatoms. The zero-order valence-electron chi connectivity index (χ0n) is 16.2. The SMILES string of the molecule is CCOC(=O)C1=C(C)N(C)C(=O)NC1c1c(OC(C)=O)ccc2ccccc12. The van der Waals surface area contributed by atoms with E-state index >= 15 is 0 Å². The van der Waals surface area contributed by atoms with Gasteiger partial charge in [0, 0.05) is 25.2 Å². The van der Waals surface area contributed by atoms with Crippen molar-refractivity contribution in [3.8, 4) is 5.75 Å². The fourth-order valence-electron chi connectivity index (χ4n) is 3.34. The molecule has 2 aromatic rings. The number of nitrogens with zero attached hydrogens (tertiary/aromatic N) is 1. The van der Waals surface area contributed by atoms with Crippen LogP contribution in [0.5, 0.6) is 5.75 Å². The number of hydrogen-bond acceptors (Lipinski definition) is 5. The summed E-state index contributed by atoms with van der Waals surface area (Å²) in [6.45, 7) is 4.91. The first-order chi connectivity index (χ1) is 13.3. The molecule has 0 spiro atoms. The van der Waals surface area contributed by atoms with Crippen molar-refractivity contribution in [3.63, 3.8) is 0 Å². The van der Waals surface area contributed by atoms with Gasteiger partial charge in [-0.05, 0) is 30.7 Å². The van der Waals surface area contributed by atoms with Crippen molar-refractivity contribution in [2.45, 2.75) is 26.8 Å². The van der Waals surface area contributed by atoms with Crippen molar-refractivity contribution < 1.29 is 23.9 Å². The molecule has 1 atom stereocenters. The summed E-state index contributed by atoms with van der Waals surface area (Å²) < 4.78 is 10.7. The highest BCUT2D eigenvalue weighted by atomic mass is 16.5. The van der Waals surface area contributed by atoms with E-state index in [1.54, 1.807) is 27.0 Å². The van der Waals surface area contributed by atoms with E-state index in [1.807, 2.05) is 30.3 Å². The molecule has 0 fully saturated rings. The Labute approximate surface area is 162 Å². The number of allylic oxidation sites excluding steroid dienone is 1. The second-order valence-corrected chi connectivity index (χ2v) is 6.45. The van der Waals surface area contributed by atoms with Gasteiger partial charge in [0.05, 0.1) is 18.2 Å². The monoisotopic (exact) mass is 382 g/mol. The van der Waals surface area contributed by atoms with E-state index < -0.39 is 18.0 Å². The maximum absolute atomic E-state index is 12.7. The number of benzene rings is 2. The Kier molecular flexibility index (Phi) is 5.35. The van der Waals surface area contributed by atoms with Gasteiger partial charge in [0.25, 0.3) is 0 Å². The lowest BCUT2D eigenvalue weighted by molar-refractivity contribution is -0.139. The Morgan fingerprint density at radius 2 is 1.89 bits per heavy atom. The smallest absolute Gasteiger partial charge is 0.338 e. The molecule has 146 valence electrons. The van der Waals surface area contributed by atoms with E-state index in [0.717, 1.165) is 10.8 Å². The lowest BCUT2D eigenvalue weighted by Gasteiger charge is -2.34. The highest BCUT2D eigenvalue weighted by molar-refractivity contribution is 5.98. The first-order valence-electron chi connectivity index (χ1n) is 8.97. The standard InChI is InChI=1S/C21H22N2O5/c1-5-27-20(25)17-12(2)23(4)21(26)22-19(17)18-15-9-7-6-8-14(15)10-11-16(18)28-13(3)24/h6-11,19H,5H2,1-4H3,(H,22,26). The maximum atomic E-state index is 12.7. The molecule has 0 aliphatic carbocycles. The molecule has 28 heavy (non-hydrogen) atoms. The number of amides is 2. The van der Waals surface area contributed by atoms with E-state index in [2.05, 4.69) is 5.32 Å². The van der Waals surface area contributed by atoms with E-state index in [0.29, 0.717) is 16.8 Å². The Balaban J connectivity index is 2.30. The van der Waals surface area contributed by atoms with Crippen LogP contribution < -0.4 is 10.1 Å². The van der Waals surface area contributed by atoms with Crippen LogP contribution in [0, 0.1) is 0 Å². The fourth-order valence-corrected chi connectivity index (χ4v) is 3.34. The van der Waals surface area contributed by atoms with E-state index in [4.69, 9.17) is 9.47 Å². The maximum Gasteiger partial charge on any atom is 0.338 e. The third kappa shape index (κ3) is 3.43. The number of urea groups is 1. The normalized spacial score (nSPS) is 16.8. The van der Waals surface area contributed by atoms with Crippen LogP contribution in [-0.2, 0) is 14.3 Å². The molecule has 2 aromatic carbocycles. The summed E-state index contributed by atoms with van der Waals surface area (Å²) in [5.74, 6) is -0.733. The summed E-state index contributed by atoms with van der Waals surface area (Å²) in [6, 6.07) is 9.82. The van der Waals surface area contributed by atoms with Crippen molar-refractivity contribution >= 4 is 28.7 Å². The number of fused-ring (bicyclic) bond motifs is 1. The number of esters is 2. The molecule has 0 saturated carbocycles. The molecule has 1 aliphatic rings. The average Bonchev–Trinajstić information content (AvgIpc) is 2.65. The Morgan fingerprint density at radius 1 is 1.18 bits per heavy atom. The van der Waals surface area contributed by atoms with Crippen molar-refractivity contribution in [2.75, 3.05) is 13.7 Å². The summed E-state index contributed by atoms with van der Waals surface area (Å²) in [6.07, 6.45) is 0. The minimum absolute atomic E-state index is 0.201. The molecule has 1 unspecified atom stereocenters. The minimum Gasteiger partial charge on any atom is -0.463 e. The zero-order valence-corrected chi connectivity index (χ0v) is 16.2. The fraction of sp³-hybridized carbons (Fsp3) is 0.286. The zero-order chi connectivity index (χ0) is 20.4. The molecule has 3 rings (SSSR count). The largest absolute Gasteiger partial charge is 0.463 e. The van der Waals surface area contributed by atoms with Crippen LogP contribution in [0.3, 0.4) is 0 Å². The van der Waals surface area contributed by atoms with Crippen LogP contribution in [0.1, 0.15) is 32.4 Å². The highest BCUT2D eigenvalue weighted by Crippen LogP contribution is 2.40. The Morgan fingerprint density at radius 3 is 2.57 bits per heavy atom. The van der Waals surface area contributed by atoms with Gasteiger partial charge < -0.3 is 19.7 Å². The topological polar surface area (TPSA) is 84.9 Å². The first kappa shape index (κ1) is 19.4. The van der Waals surface area contributed by atoms with E-state index in [1.165, 1.54) is 11.8 Å². The van der Waals surface area contributed by atoms with Crippen molar-refractivity contribution in [3.05, 3.63) is 53.2 Å². The third-order valence-corrected chi connectivity index (χ3v) is 4.72. The average molecular weight is 382 g/mol. The number of ether oxygens (including phenoxy) is 2. The van der Waals surface area contributed by atoms with E-state index in [9.17, 15) is 14.4 Å². The van der Waals surface area contributed by atoms with Crippen LogP contribution in [0.25, 0.3) is 10.8 Å². The molecule has 1 N–H and O–H groups in total.